The summed E-state index contributed by atoms with van der Waals surface area (Å²) in [5, 5.41) is 13.8. The van der Waals surface area contributed by atoms with Gasteiger partial charge in [-0.2, -0.15) is 0 Å². The fourth-order valence-electron chi connectivity index (χ4n) is 5.10. The molecule has 0 radical (unpaired) electrons. The Bertz CT molecular complexity index is 1480. The maximum absolute atomic E-state index is 13.1. The van der Waals surface area contributed by atoms with E-state index in [9.17, 15) is 19.5 Å². The predicted octanol–water partition coefficient (Wildman–Crippen LogP) is 5.60. The van der Waals surface area contributed by atoms with Crippen molar-refractivity contribution in [3.05, 3.63) is 74.5 Å². The van der Waals surface area contributed by atoms with E-state index in [1.54, 1.807) is 42.7 Å². The van der Waals surface area contributed by atoms with Gasteiger partial charge in [-0.3, -0.25) is 14.5 Å². The number of aromatic carboxylic acids is 1. The summed E-state index contributed by atoms with van der Waals surface area (Å²) in [5.41, 5.74) is 10.3. The maximum atomic E-state index is 13.1. The minimum absolute atomic E-state index is 0.0714. The first kappa shape index (κ1) is 27.4. The lowest BCUT2D eigenvalue weighted by atomic mass is 9.99. The Hall–Kier alpha value is -3.59. The smallest absolute Gasteiger partial charge is 0.337 e. The standard InChI is InChI=1S/C28H28Cl2N4O4/c1-5-33(6-2)27(25(31)35)34-15(4)24(28(37)38)14(3)23(34)13-21-20-8-7-16(11-22(20)32-26(21)36)17-9-18(29)12-19(30)10-17/h7-13,27H,5-6H2,1-4H3,(H2,31,35)(H,32,36)(H,37,38). The van der Waals surface area contributed by atoms with E-state index in [0.29, 0.717) is 56.9 Å². The number of carbonyl (C=O) groups is 3. The molecule has 1 aliphatic rings. The predicted molar refractivity (Wildman–Crippen MR) is 150 cm³/mol. The molecule has 2 aromatic carbocycles. The van der Waals surface area contributed by atoms with Crippen LogP contribution in [0.15, 0.2) is 36.4 Å². The number of likely N-dealkylation sites (N-methyl/N-ethyl adjacent to an activating group) is 1. The summed E-state index contributed by atoms with van der Waals surface area (Å²) in [6.07, 6.45) is 0.702. The van der Waals surface area contributed by atoms with E-state index in [4.69, 9.17) is 28.9 Å². The van der Waals surface area contributed by atoms with Crippen LogP contribution in [0.3, 0.4) is 0 Å². The van der Waals surface area contributed by atoms with Gasteiger partial charge in [-0.05, 0) is 74.0 Å². The second kappa shape index (κ2) is 10.6. The second-order valence-electron chi connectivity index (χ2n) is 9.07. The monoisotopic (exact) mass is 554 g/mol. The van der Waals surface area contributed by atoms with Gasteiger partial charge in [0, 0.05) is 32.7 Å². The van der Waals surface area contributed by atoms with Gasteiger partial charge in [0.15, 0.2) is 6.17 Å². The van der Waals surface area contributed by atoms with Gasteiger partial charge in [-0.25, -0.2) is 4.79 Å². The van der Waals surface area contributed by atoms with Crippen molar-refractivity contribution >= 4 is 58.3 Å². The molecule has 0 saturated carbocycles. The maximum Gasteiger partial charge on any atom is 0.337 e. The van der Waals surface area contributed by atoms with E-state index >= 15 is 0 Å². The molecule has 0 saturated heterocycles. The van der Waals surface area contributed by atoms with Crippen molar-refractivity contribution < 1.29 is 19.5 Å². The molecule has 8 nitrogen and oxygen atoms in total. The van der Waals surface area contributed by atoms with Crippen LogP contribution in [-0.2, 0) is 9.59 Å². The summed E-state index contributed by atoms with van der Waals surface area (Å²) in [6.45, 7) is 8.12. The minimum Gasteiger partial charge on any atom is -0.478 e. The Morgan fingerprint density at radius 1 is 1.08 bits per heavy atom. The molecule has 0 spiro atoms. The molecular formula is C28H28Cl2N4O4. The molecule has 1 unspecified atom stereocenters. The molecule has 4 rings (SSSR count). The number of amides is 2. The average molecular weight is 555 g/mol. The van der Waals surface area contributed by atoms with Gasteiger partial charge in [0.05, 0.1) is 11.1 Å². The Kier molecular flexibility index (Phi) is 7.69. The molecule has 38 heavy (non-hydrogen) atoms. The number of hydrogen-bond donors (Lipinski definition) is 3. The van der Waals surface area contributed by atoms with Gasteiger partial charge < -0.3 is 20.7 Å². The number of nitrogens with two attached hydrogens (primary N) is 1. The topological polar surface area (TPSA) is 118 Å². The van der Waals surface area contributed by atoms with Crippen molar-refractivity contribution in [2.24, 2.45) is 5.73 Å². The summed E-state index contributed by atoms with van der Waals surface area (Å²) in [4.78, 5) is 39.8. The van der Waals surface area contributed by atoms with Crippen LogP contribution in [0.25, 0.3) is 22.8 Å². The third-order valence-corrected chi connectivity index (χ3v) is 7.33. The van der Waals surface area contributed by atoms with Crippen LogP contribution < -0.4 is 11.1 Å². The zero-order valence-electron chi connectivity index (χ0n) is 21.4. The zero-order valence-corrected chi connectivity index (χ0v) is 22.9. The highest BCUT2D eigenvalue weighted by Crippen LogP contribution is 2.39. The zero-order chi connectivity index (χ0) is 27.9. The molecule has 198 valence electrons. The third-order valence-electron chi connectivity index (χ3n) is 6.89. The highest BCUT2D eigenvalue weighted by atomic mass is 35.5. The fourth-order valence-corrected chi connectivity index (χ4v) is 5.63. The summed E-state index contributed by atoms with van der Waals surface area (Å²) >= 11 is 12.3. The van der Waals surface area contributed by atoms with Crippen LogP contribution in [0.5, 0.6) is 0 Å². The van der Waals surface area contributed by atoms with Gasteiger partial charge in [-0.15, -0.1) is 0 Å². The molecule has 1 aromatic heterocycles. The molecule has 0 bridgehead atoms. The number of fused-ring (bicyclic) bond motifs is 1. The van der Waals surface area contributed by atoms with E-state index < -0.39 is 18.0 Å². The number of carboxylic acid groups (broad SMARTS) is 1. The first-order chi connectivity index (χ1) is 18.0. The lowest BCUT2D eigenvalue weighted by Gasteiger charge is -2.30. The lowest BCUT2D eigenvalue weighted by Crippen LogP contribution is -2.42. The summed E-state index contributed by atoms with van der Waals surface area (Å²) in [7, 11) is 0. The van der Waals surface area contributed by atoms with E-state index in [2.05, 4.69) is 5.32 Å². The van der Waals surface area contributed by atoms with Gasteiger partial charge in [0.2, 0.25) is 0 Å². The van der Waals surface area contributed by atoms with Crippen molar-refractivity contribution in [2.45, 2.75) is 33.9 Å². The number of halogens is 2. The highest BCUT2D eigenvalue weighted by Gasteiger charge is 2.33. The van der Waals surface area contributed by atoms with Crippen LogP contribution in [0.1, 0.15) is 52.9 Å². The van der Waals surface area contributed by atoms with E-state index in [-0.39, 0.29) is 11.5 Å². The fraction of sp³-hybridized carbons (Fsp3) is 0.250. The molecular weight excluding hydrogens is 527 g/mol. The SMILES string of the molecule is CCN(CC)C(C(N)=O)n1c(C)c(C(=O)O)c(C)c1C=C1C(=O)Nc2cc(-c3cc(Cl)cc(Cl)c3)ccc21. The van der Waals surface area contributed by atoms with Gasteiger partial charge in [0.25, 0.3) is 11.8 Å². The average Bonchev–Trinajstić information content (AvgIpc) is 3.28. The third kappa shape index (κ3) is 4.82. The molecule has 4 N–H and O–H groups in total. The Morgan fingerprint density at radius 2 is 1.71 bits per heavy atom. The van der Waals surface area contributed by atoms with Gasteiger partial charge in [0.1, 0.15) is 0 Å². The van der Waals surface area contributed by atoms with Crippen molar-refractivity contribution in [2.75, 3.05) is 18.4 Å². The number of aromatic nitrogens is 1. The molecule has 10 heteroatoms. The Balaban J connectivity index is 1.90. The number of benzene rings is 2. The Labute approximate surface area is 230 Å². The summed E-state index contributed by atoms with van der Waals surface area (Å²) in [5.74, 6) is -2.09. The van der Waals surface area contributed by atoms with Crippen molar-refractivity contribution in [3.63, 3.8) is 0 Å². The van der Waals surface area contributed by atoms with Gasteiger partial charge in [-0.1, -0.05) is 49.2 Å². The molecule has 2 heterocycles. The van der Waals surface area contributed by atoms with Crippen LogP contribution in [-0.4, -0.2) is 45.4 Å². The number of hydrogen-bond acceptors (Lipinski definition) is 4. The lowest BCUT2D eigenvalue weighted by molar-refractivity contribution is -0.126. The number of nitrogens with one attached hydrogen (secondary N) is 1. The molecule has 2 amide bonds. The number of rotatable bonds is 8. The van der Waals surface area contributed by atoms with Crippen LogP contribution in [0.2, 0.25) is 10.0 Å². The minimum atomic E-state index is -1.12. The normalized spacial score (nSPS) is 14.6. The first-order valence-electron chi connectivity index (χ1n) is 12.1. The largest absolute Gasteiger partial charge is 0.478 e. The summed E-state index contributed by atoms with van der Waals surface area (Å²) in [6, 6.07) is 10.7. The summed E-state index contributed by atoms with van der Waals surface area (Å²) < 4.78 is 1.62. The molecule has 1 aliphatic heterocycles. The second-order valence-corrected chi connectivity index (χ2v) is 9.95. The van der Waals surface area contributed by atoms with Crippen LogP contribution in [0, 0.1) is 13.8 Å². The van der Waals surface area contributed by atoms with Crippen molar-refractivity contribution in [1.29, 1.82) is 0 Å². The quantitative estimate of drug-likeness (QED) is 0.313. The molecule has 0 fully saturated rings. The van der Waals surface area contributed by atoms with E-state index in [1.165, 1.54) is 0 Å². The molecule has 0 aliphatic carbocycles. The Morgan fingerprint density at radius 3 is 2.26 bits per heavy atom. The first-order valence-corrected chi connectivity index (χ1v) is 12.9. The van der Waals surface area contributed by atoms with Crippen molar-refractivity contribution in [1.82, 2.24) is 9.47 Å². The number of primary amides is 1. The number of carbonyl (C=O) groups excluding carboxylic acids is 2. The highest BCUT2D eigenvalue weighted by molar-refractivity contribution is 6.36. The van der Waals surface area contributed by atoms with Crippen LogP contribution in [0.4, 0.5) is 5.69 Å². The molecule has 3 aromatic rings. The van der Waals surface area contributed by atoms with E-state index in [1.807, 2.05) is 36.9 Å². The number of nitrogens with zero attached hydrogens (tertiary/aromatic N) is 2. The van der Waals surface area contributed by atoms with Crippen LogP contribution >= 0.6 is 23.2 Å². The number of carboxylic acids is 1. The molecule has 1 atom stereocenters. The van der Waals surface area contributed by atoms with Gasteiger partial charge >= 0.3 is 5.97 Å². The number of anilines is 1. The van der Waals surface area contributed by atoms with E-state index in [0.717, 1.165) is 11.1 Å². The van der Waals surface area contributed by atoms with Crippen molar-refractivity contribution in [3.8, 4) is 11.1 Å².